The van der Waals surface area contributed by atoms with E-state index in [1.165, 1.54) is 17.9 Å². The minimum Gasteiger partial charge on any atom is -0.484 e. The minimum absolute atomic E-state index is 0.0964. The lowest BCUT2D eigenvalue weighted by molar-refractivity contribution is -0.134. The first-order chi connectivity index (χ1) is 11.8. The van der Waals surface area contributed by atoms with Gasteiger partial charge in [-0.05, 0) is 43.7 Å². The number of Topliss-reactive ketones (excluding diaryl/α,β-unsaturated/α-hetero) is 1. The molecule has 0 aliphatic heterocycles. The molecule has 1 amide bonds. The van der Waals surface area contributed by atoms with Crippen molar-refractivity contribution in [2.24, 2.45) is 0 Å². The highest BCUT2D eigenvalue weighted by Gasteiger charge is 2.19. The quantitative estimate of drug-likeness (QED) is 0.748. The molecule has 2 aromatic rings. The van der Waals surface area contributed by atoms with E-state index in [0.29, 0.717) is 16.9 Å². The predicted molar refractivity (Wildman–Crippen MR) is 89.5 cm³/mol. The van der Waals surface area contributed by atoms with Crippen LogP contribution in [0, 0.1) is 11.6 Å². The number of carbonyl (C=O) groups is 2. The Morgan fingerprint density at radius 3 is 2.48 bits per heavy atom. The van der Waals surface area contributed by atoms with Crippen molar-refractivity contribution in [1.29, 1.82) is 0 Å². The molecule has 0 N–H and O–H groups in total. The van der Waals surface area contributed by atoms with Crippen molar-refractivity contribution in [1.82, 2.24) is 4.90 Å². The van der Waals surface area contributed by atoms with Gasteiger partial charge in [-0.25, -0.2) is 8.78 Å². The molecular weight excluding hydrogens is 328 g/mol. The van der Waals surface area contributed by atoms with Crippen molar-refractivity contribution >= 4 is 11.7 Å². The highest BCUT2D eigenvalue weighted by Crippen LogP contribution is 2.21. The maximum absolute atomic E-state index is 13.3. The molecule has 0 saturated carbocycles. The molecule has 0 heterocycles. The molecule has 4 nitrogen and oxygen atoms in total. The van der Waals surface area contributed by atoms with Crippen LogP contribution in [0.25, 0.3) is 0 Å². The van der Waals surface area contributed by atoms with E-state index in [4.69, 9.17) is 4.74 Å². The summed E-state index contributed by atoms with van der Waals surface area (Å²) in [6.07, 6.45) is 0. The molecule has 132 valence electrons. The van der Waals surface area contributed by atoms with Crippen molar-refractivity contribution in [2.75, 3.05) is 13.7 Å². The largest absolute Gasteiger partial charge is 0.484 e. The lowest BCUT2D eigenvalue weighted by Gasteiger charge is -2.25. The smallest absolute Gasteiger partial charge is 0.260 e. The second kappa shape index (κ2) is 7.88. The van der Waals surface area contributed by atoms with E-state index in [9.17, 15) is 18.4 Å². The molecule has 2 rings (SSSR count). The summed E-state index contributed by atoms with van der Waals surface area (Å²) in [6, 6.07) is 9.63. The van der Waals surface area contributed by atoms with Crippen LogP contribution in [0.3, 0.4) is 0 Å². The number of likely N-dealkylation sites (N-methyl/N-ethyl adjacent to an activating group) is 1. The van der Waals surface area contributed by atoms with Crippen LogP contribution in [0.15, 0.2) is 42.5 Å². The number of ether oxygens (including phenoxy) is 1. The molecule has 1 unspecified atom stereocenters. The number of nitrogens with zero attached hydrogens (tertiary/aromatic N) is 1. The molecule has 0 aliphatic carbocycles. The average Bonchev–Trinajstić information content (AvgIpc) is 2.60. The number of carbonyl (C=O) groups excluding carboxylic acids is 2. The van der Waals surface area contributed by atoms with E-state index in [0.717, 1.165) is 12.1 Å². The Morgan fingerprint density at radius 1 is 1.12 bits per heavy atom. The highest BCUT2D eigenvalue weighted by atomic mass is 19.2. The summed E-state index contributed by atoms with van der Waals surface area (Å²) >= 11 is 0. The number of halogens is 2. The van der Waals surface area contributed by atoms with Crippen molar-refractivity contribution in [3.8, 4) is 5.75 Å². The van der Waals surface area contributed by atoms with Crippen LogP contribution in [0.1, 0.15) is 35.8 Å². The first-order valence-electron chi connectivity index (χ1n) is 7.74. The van der Waals surface area contributed by atoms with Crippen LogP contribution in [-0.4, -0.2) is 30.2 Å². The molecule has 0 aromatic heterocycles. The summed E-state index contributed by atoms with van der Waals surface area (Å²) in [7, 11) is 1.56. The van der Waals surface area contributed by atoms with Gasteiger partial charge in [0.2, 0.25) is 0 Å². The van der Waals surface area contributed by atoms with Crippen molar-refractivity contribution < 1.29 is 23.1 Å². The molecule has 1 atom stereocenters. The van der Waals surface area contributed by atoms with E-state index in [2.05, 4.69) is 0 Å². The Bertz CT molecular complexity index is 792. The fourth-order valence-corrected chi connectivity index (χ4v) is 2.26. The lowest BCUT2D eigenvalue weighted by Crippen LogP contribution is -2.33. The Hall–Kier alpha value is -2.76. The molecule has 2 aromatic carbocycles. The summed E-state index contributed by atoms with van der Waals surface area (Å²) in [6.45, 7) is 2.92. The molecular formula is C19H19F2NO3. The van der Waals surface area contributed by atoms with Crippen molar-refractivity contribution in [2.45, 2.75) is 19.9 Å². The van der Waals surface area contributed by atoms with E-state index >= 15 is 0 Å². The number of rotatable bonds is 6. The van der Waals surface area contributed by atoms with Gasteiger partial charge in [-0.3, -0.25) is 9.59 Å². The van der Waals surface area contributed by atoms with E-state index in [1.807, 2.05) is 0 Å². The molecule has 6 heteroatoms. The van der Waals surface area contributed by atoms with Gasteiger partial charge < -0.3 is 9.64 Å². The Labute approximate surface area is 145 Å². The van der Waals surface area contributed by atoms with Gasteiger partial charge in [-0.2, -0.15) is 0 Å². The number of amides is 1. The fraction of sp³-hybridized carbons (Fsp3) is 0.263. The van der Waals surface area contributed by atoms with Crippen molar-refractivity contribution in [3.05, 3.63) is 65.2 Å². The van der Waals surface area contributed by atoms with Crippen LogP contribution < -0.4 is 4.74 Å². The minimum atomic E-state index is -0.956. The zero-order valence-corrected chi connectivity index (χ0v) is 14.3. The molecule has 0 bridgehead atoms. The second-order valence-electron chi connectivity index (χ2n) is 5.73. The van der Waals surface area contributed by atoms with Crippen LogP contribution >= 0.6 is 0 Å². The number of ketones is 1. The average molecular weight is 347 g/mol. The normalized spacial score (nSPS) is 11.7. The van der Waals surface area contributed by atoms with Gasteiger partial charge in [0.05, 0.1) is 6.04 Å². The lowest BCUT2D eigenvalue weighted by atomic mass is 10.1. The third kappa shape index (κ3) is 4.62. The van der Waals surface area contributed by atoms with E-state index in [-0.39, 0.29) is 18.3 Å². The molecule has 0 fully saturated rings. The van der Waals surface area contributed by atoms with Gasteiger partial charge in [-0.1, -0.05) is 18.2 Å². The molecule has 0 radical (unpaired) electrons. The maximum Gasteiger partial charge on any atom is 0.260 e. The second-order valence-corrected chi connectivity index (χ2v) is 5.73. The molecule has 25 heavy (non-hydrogen) atoms. The Kier molecular flexibility index (Phi) is 5.85. The zero-order chi connectivity index (χ0) is 18.6. The Balaban J connectivity index is 2.01. The van der Waals surface area contributed by atoms with Gasteiger partial charge in [0, 0.05) is 12.6 Å². The predicted octanol–water partition coefficient (Wildman–Crippen LogP) is 3.77. The monoisotopic (exact) mass is 347 g/mol. The Morgan fingerprint density at radius 2 is 1.84 bits per heavy atom. The number of hydrogen-bond acceptors (Lipinski definition) is 3. The van der Waals surface area contributed by atoms with E-state index in [1.54, 1.807) is 38.2 Å². The number of hydrogen-bond donors (Lipinski definition) is 0. The highest BCUT2D eigenvalue weighted by molar-refractivity contribution is 5.94. The zero-order valence-electron chi connectivity index (χ0n) is 14.3. The summed E-state index contributed by atoms with van der Waals surface area (Å²) < 4.78 is 31.8. The van der Waals surface area contributed by atoms with Crippen LogP contribution in [0.4, 0.5) is 8.78 Å². The summed E-state index contributed by atoms with van der Waals surface area (Å²) in [5, 5.41) is 0. The third-order valence-corrected chi connectivity index (χ3v) is 4.00. The van der Waals surface area contributed by atoms with Crippen LogP contribution in [0.2, 0.25) is 0 Å². The van der Waals surface area contributed by atoms with Gasteiger partial charge in [0.25, 0.3) is 5.91 Å². The third-order valence-electron chi connectivity index (χ3n) is 4.00. The summed E-state index contributed by atoms with van der Waals surface area (Å²) in [4.78, 5) is 25.0. The van der Waals surface area contributed by atoms with Gasteiger partial charge in [0.1, 0.15) is 5.75 Å². The first-order valence-corrected chi connectivity index (χ1v) is 7.74. The first kappa shape index (κ1) is 18.6. The van der Waals surface area contributed by atoms with Crippen LogP contribution in [-0.2, 0) is 4.79 Å². The summed E-state index contributed by atoms with van der Waals surface area (Å²) in [5.41, 5.74) is 0.974. The molecule has 0 aliphatic rings. The van der Waals surface area contributed by atoms with E-state index < -0.39 is 17.7 Å². The molecule has 0 spiro atoms. The fourth-order valence-electron chi connectivity index (χ4n) is 2.26. The van der Waals surface area contributed by atoms with Crippen molar-refractivity contribution in [3.63, 3.8) is 0 Å². The maximum atomic E-state index is 13.3. The SMILES string of the molecule is CC(=O)c1cccc(OCC(=O)N(C)C(C)c2ccc(F)c(F)c2)c1. The topological polar surface area (TPSA) is 46.6 Å². The van der Waals surface area contributed by atoms with Crippen LogP contribution in [0.5, 0.6) is 5.75 Å². The molecule has 0 saturated heterocycles. The van der Waals surface area contributed by atoms with Gasteiger partial charge in [0.15, 0.2) is 24.0 Å². The van der Waals surface area contributed by atoms with Gasteiger partial charge in [-0.15, -0.1) is 0 Å². The standard InChI is InChI=1S/C19H19F2NO3/c1-12(14-7-8-17(20)18(21)10-14)22(3)19(24)11-25-16-6-4-5-15(9-16)13(2)23/h4-10,12H,11H2,1-3H3. The van der Waals surface area contributed by atoms with Gasteiger partial charge >= 0.3 is 0 Å². The summed E-state index contributed by atoms with van der Waals surface area (Å²) in [5.74, 6) is -1.90. The number of benzene rings is 2.